The Bertz CT molecular complexity index is 497. The maximum Gasteiger partial charge on any atom is 0.310 e. The molecule has 0 amide bonds. The van der Waals surface area contributed by atoms with Crippen LogP contribution in [0.1, 0.15) is 31.2 Å². The standard InChI is InChI=1S/C16H20O3/c1-19-14-4-2-3-11(8-14)9-16(15(17)18)10-12-5-6-13(16)7-12/h2-4,8,12-13H,5-7,9-10H2,1H3,(H,17,18)/t12-,13-,16-/m0/s1. The van der Waals surface area contributed by atoms with Gasteiger partial charge in [0.05, 0.1) is 12.5 Å². The lowest BCUT2D eigenvalue weighted by Gasteiger charge is -2.33. The second kappa shape index (κ2) is 4.55. The molecule has 2 saturated carbocycles. The summed E-state index contributed by atoms with van der Waals surface area (Å²) in [5, 5.41) is 9.74. The van der Waals surface area contributed by atoms with E-state index in [1.807, 2.05) is 24.3 Å². The van der Waals surface area contributed by atoms with E-state index in [1.165, 1.54) is 6.42 Å². The summed E-state index contributed by atoms with van der Waals surface area (Å²) in [7, 11) is 1.64. The fourth-order valence-corrected chi connectivity index (χ4v) is 4.14. The molecule has 102 valence electrons. The second-order valence-electron chi connectivity index (χ2n) is 6.07. The molecule has 0 aromatic heterocycles. The van der Waals surface area contributed by atoms with Crippen LogP contribution < -0.4 is 4.74 Å². The molecule has 3 atom stereocenters. The van der Waals surface area contributed by atoms with E-state index < -0.39 is 11.4 Å². The Morgan fingerprint density at radius 3 is 2.89 bits per heavy atom. The molecule has 0 saturated heterocycles. The van der Waals surface area contributed by atoms with E-state index in [0.717, 1.165) is 30.6 Å². The summed E-state index contributed by atoms with van der Waals surface area (Å²) in [5.41, 5.74) is 0.546. The van der Waals surface area contributed by atoms with Crippen LogP contribution in [0, 0.1) is 17.3 Å². The van der Waals surface area contributed by atoms with E-state index in [2.05, 4.69) is 0 Å². The number of methoxy groups -OCH3 is 1. The fraction of sp³-hybridized carbons (Fsp3) is 0.562. The Balaban J connectivity index is 1.88. The first-order valence-electron chi connectivity index (χ1n) is 7.00. The third-order valence-corrected chi connectivity index (χ3v) is 5.06. The topological polar surface area (TPSA) is 46.5 Å². The van der Waals surface area contributed by atoms with Crippen LogP contribution in [0.15, 0.2) is 24.3 Å². The van der Waals surface area contributed by atoms with Gasteiger partial charge >= 0.3 is 5.97 Å². The number of carboxylic acid groups (broad SMARTS) is 1. The molecule has 1 aromatic rings. The summed E-state index contributed by atoms with van der Waals surface area (Å²) in [6, 6.07) is 7.82. The van der Waals surface area contributed by atoms with Crippen molar-refractivity contribution in [1.82, 2.24) is 0 Å². The van der Waals surface area contributed by atoms with Gasteiger partial charge in [-0.15, -0.1) is 0 Å². The second-order valence-corrected chi connectivity index (χ2v) is 6.07. The monoisotopic (exact) mass is 260 g/mol. The molecule has 19 heavy (non-hydrogen) atoms. The molecule has 3 nitrogen and oxygen atoms in total. The Kier molecular flexibility index (Phi) is 3.00. The van der Waals surface area contributed by atoms with E-state index in [-0.39, 0.29) is 0 Å². The number of hydrogen-bond acceptors (Lipinski definition) is 2. The molecular formula is C16H20O3. The molecular weight excluding hydrogens is 240 g/mol. The molecule has 0 spiro atoms. The minimum Gasteiger partial charge on any atom is -0.497 e. The third-order valence-electron chi connectivity index (χ3n) is 5.06. The number of carbonyl (C=O) groups is 1. The zero-order valence-electron chi connectivity index (χ0n) is 11.3. The van der Waals surface area contributed by atoms with Crippen molar-refractivity contribution in [3.8, 4) is 5.75 Å². The number of hydrogen-bond donors (Lipinski definition) is 1. The summed E-state index contributed by atoms with van der Waals surface area (Å²) in [5.74, 6) is 1.19. The van der Waals surface area contributed by atoms with Gasteiger partial charge in [0.15, 0.2) is 0 Å². The van der Waals surface area contributed by atoms with Crippen molar-refractivity contribution in [3.05, 3.63) is 29.8 Å². The van der Waals surface area contributed by atoms with Gasteiger partial charge in [0.2, 0.25) is 0 Å². The molecule has 2 bridgehead atoms. The van der Waals surface area contributed by atoms with Crippen molar-refractivity contribution >= 4 is 5.97 Å². The number of ether oxygens (including phenoxy) is 1. The van der Waals surface area contributed by atoms with Crippen LogP contribution in [-0.2, 0) is 11.2 Å². The van der Waals surface area contributed by atoms with Crippen molar-refractivity contribution in [2.75, 3.05) is 7.11 Å². The van der Waals surface area contributed by atoms with Gasteiger partial charge in [-0.3, -0.25) is 4.79 Å². The molecule has 0 heterocycles. The SMILES string of the molecule is COc1cccc(C[C@]2(C(=O)O)C[C@H]3CC[C@H]2C3)c1. The lowest BCUT2D eigenvalue weighted by molar-refractivity contribution is -0.152. The molecule has 3 rings (SSSR count). The van der Waals surface area contributed by atoms with Crippen LogP contribution in [0.5, 0.6) is 5.75 Å². The van der Waals surface area contributed by atoms with Crippen LogP contribution in [0.3, 0.4) is 0 Å². The van der Waals surface area contributed by atoms with Gasteiger partial charge in [-0.05, 0) is 55.2 Å². The fourth-order valence-electron chi connectivity index (χ4n) is 4.14. The predicted molar refractivity (Wildman–Crippen MR) is 72.2 cm³/mol. The number of aliphatic carboxylic acids is 1. The number of carboxylic acids is 1. The Morgan fingerprint density at radius 1 is 1.47 bits per heavy atom. The molecule has 1 aromatic carbocycles. The first-order chi connectivity index (χ1) is 9.14. The van der Waals surface area contributed by atoms with Crippen LogP contribution in [-0.4, -0.2) is 18.2 Å². The van der Waals surface area contributed by atoms with Crippen LogP contribution >= 0.6 is 0 Å². The van der Waals surface area contributed by atoms with E-state index in [0.29, 0.717) is 18.3 Å². The van der Waals surface area contributed by atoms with Crippen LogP contribution in [0.2, 0.25) is 0 Å². The molecule has 2 fully saturated rings. The summed E-state index contributed by atoms with van der Waals surface area (Å²) in [6.07, 6.45) is 4.90. The highest BCUT2D eigenvalue weighted by Gasteiger charge is 2.55. The van der Waals surface area contributed by atoms with Crippen molar-refractivity contribution < 1.29 is 14.6 Å². The predicted octanol–water partition coefficient (Wildman–Crippen LogP) is 3.13. The summed E-state index contributed by atoms with van der Waals surface area (Å²) in [6.45, 7) is 0. The molecule has 2 aliphatic rings. The highest BCUT2D eigenvalue weighted by molar-refractivity contribution is 5.76. The van der Waals surface area contributed by atoms with Crippen molar-refractivity contribution in [2.24, 2.45) is 17.3 Å². The van der Waals surface area contributed by atoms with Gasteiger partial charge in [-0.1, -0.05) is 18.6 Å². The number of benzene rings is 1. The highest BCUT2D eigenvalue weighted by Crippen LogP contribution is 2.57. The van der Waals surface area contributed by atoms with E-state index in [4.69, 9.17) is 4.74 Å². The van der Waals surface area contributed by atoms with Crippen LogP contribution in [0.4, 0.5) is 0 Å². The molecule has 1 N–H and O–H groups in total. The Labute approximate surface area is 113 Å². The smallest absolute Gasteiger partial charge is 0.310 e. The van der Waals surface area contributed by atoms with Gasteiger partial charge in [0.25, 0.3) is 0 Å². The molecule has 2 aliphatic carbocycles. The van der Waals surface area contributed by atoms with Gasteiger partial charge in [0, 0.05) is 0 Å². The number of fused-ring (bicyclic) bond motifs is 2. The third kappa shape index (κ3) is 2.01. The minimum atomic E-state index is -0.609. The van der Waals surface area contributed by atoms with Crippen molar-refractivity contribution in [3.63, 3.8) is 0 Å². The molecule has 3 heteroatoms. The first kappa shape index (κ1) is 12.5. The molecule has 0 unspecified atom stereocenters. The summed E-state index contributed by atoms with van der Waals surface area (Å²) < 4.78 is 5.23. The lowest BCUT2D eigenvalue weighted by Crippen LogP contribution is -2.38. The Hall–Kier alpha value is -1.51. The summed E-state index contributed by atoms with van der Waals surface area (Å²) in [4.78, 5) is 11.8. The van der Waals surface area contributed by atoms with Gasteiger partial charge < -0.3 is 9.84 Å². The van der Waals surface area contributed by atoms with Crippen molar-refractivity contribution in [1.29, 1.82) is 0 Å². The quantitative estimate of drug-likeness (QED) is 0.904. The zero-order chi connectivity index (χ0) is 13.5. The zero-order valence-corrected chi connectivity index (χ0v) is 11.3. The minimum absolute atomic E-state index is 0.362. The van der Waals surface area contributed by atoms with Crippen LogP contribution in [0.25, 0.3) is 0 Å². The average Bonchev–Trinajstić information content (AvgIpc) is 3.00. The lowest BCUT2D eigenvalue weighted by atomic mass is 9.69. The maximum atomic E-state index is 11.8. The maximum absolute atomic E-state index is 11.8. The number of rotatable bonds is 4. The average molecular weight is 260 g/mol. The summed E-state index contributed by atoms with van der Waals surface area (Å²) >= 11 is 0. The van der Waals surface area contributed by atoms with Crippen molar-refractivity contribution in [2.45, 2.75) is 32.1 Å². The van der Waals surface area contributed by atoms with Gasteiger partial charge in [0.1, 0.15) is 5.75 Å². The largest absolute Gasteiger partial charge is 0.497 e. The highest BCUT2D eigenvalue weighted by atomic mass is 16.5. The van der Waals surface area contributed by atoms with Gasteiger partial charge in [-0.2, -0.15) is 0 Å². The first-order valence-corrected chi connectivity index (χ1v) is 7.00. The molecule has 0 radical (unpaired) electrons. The van der Waals surface area contributed by atoms with E-state index in [1.54, 1.807) is 7.11 Å². The van der Waals surface area contributed by atoms with E-state index in [9.17, 15) is 9.90 Å². The van der Waals surface area contributed by atoms with Gasteiger partial charge in [-0.25, -0.2) is 0 Å². The van der Waals surface area contributed by atoms with E-state index >= 15 is 0 Å². The normalized spacial score (nSPS) is 32.5. The molecule has 0 aliphatic heterocycles. The Morgan fingerprint density at radius 2 is 2.32 bits per heavy atom.